The lowest BCUT2D eigenvalue weighted by molar-refractivity contribution is 0.0975. The Balaban J connectivity index is 1.53. The second kappa shape index (κ2) is 7.48. The molecular weight excluding hydrogens is 379 g/mol. The fraction of sp³-hybridized carbons (Fsp3) is 0.0833. The van der Waals surface area contributed by atoms with Gasteiger partial charge in [0.25, 0.3) is 5.91 Å². The van der Waals surface area contributed by atoms with Crippen molar-refractivity contribution in [2.75, 3.05) is 10.2 Å². The van der Waals surface area contributed by atoms with E-state index >= 15 is 0 Å². The van der Waals surface area contributed by atoms with Crippen LogP contribution in [0.2, 0.25) is 0 Å². The SMILES string of the molecule is O=C1c2ccccc2N[C@@H](c2cnn(Cc3ccccc3)c2)N1c1ccc(F)cc1. The third-order valence-electron chi connectivity index (χ3n) is 5.19. The second-order valence-corrected chi connectivity index (χ2v) is 7.20. The van der Waals surface area contributed by atoms with Gasteiger partial charge >= 0.3 is 0 Å². The maximum Gasteiger partial charge on any atom is 0.262 e. The molecule has 0 fully saturated rings. The van der Waals surface area contributed by atoms with E-state index in [1.165, 1.54) is 12.1 Å². The molecule has 0 unspecified atom stereocenters. The van der Waals surface area contributed by atoms with Gasteiger partial charge in [-0.05, 0) is 42.0 Å². The minimum Gasteiger partial charge on any atom is -0.360 e. The van der Waals surface area contributed by atoms with Gasteiger partial charge in [-0.1, -0.05) is 42.5 Å². The molecule has 5 nitrogen and oxygen atoms in total. The summed E-state index contributed by atoms with van der Waals surface area (Å²) in [5.41, 5.74) is 3.94. The van der Waals surface area contributed by atoms with Crippen molar-refractivity contribution in [1.29, 1.82) is 0 Å². The lowest BCUT2D eigenvalue weighted by atomic mass is 10.0. The smallest absolute Gasteiger partial charge is 0.262 e. The van der Waals surface area contributed by atoms with Gasteiger partial charge in [-0.25, -0.2) is 4.39 Å². The van der Waals surface area contributed by atoms with Crippen molar-refractivity contribution in [3.05, 3.63) is 114 Å². The van der Waals surface area contributed by atoms with Crippen molar-refractivity contribution in [2.45, 2.75) is 12.7 Å². The number of nitrogens with zero attached hydrogens (tertiary/aromatic N) is 3. The molecule has 2 heterocycles. The maximum atomic E-state index is 13.5. The van der Waals surface area contributed by atoms with Crippen molar-refractivity contribution in [3.63, 3.8) is 0 Å². The number of hydrogen-bond acceptors (Lipinski definition) is 3. The minimum atomic E-state index is -0.456. The fourth-order valence-corrected chi connectivity index (χ4v) is 3.73. The van der Waals surface area contributed by atoms with Gasteiger partial charge in [-0.15, -0.1) is 0 Å². The van der Waals surface area contributed by atoms with E-state index in [0.717, 1.165) is 16.8 Å². The molecule has 30 heavy (non-hydrogen) atoms. The summed E-state index contributed by atoms with van der Waals surface area (Å²) in [5.74, 6) is -0.486. The highest BCUT2D eigenvalue weighted by molar-refractivity contribution is 6.12. The number of halogens is 1. The number of fused-ring (bicyclic) bond motifs is 1. The molecule has 0 bridgehead atoms. The number of aromatic nitrogens is 2. The molecule has 1 N–H and O–H groups in total. The van der Waals surface area contributed by atoms with Crippen LogP contribution in [0.25, 0.3) is 0 Å². The zero-order valence-electron chi connectivity index (χ0n) is 16.1. The van der Waals surface area contributed by atoms with E-state index in [9.17, 15) is 9.18 Å². The summed E-state index contributed by atoms with van der Waals surface area (Å²) in [6, 6.07) is 23.4. The monoisotopic (exact) mass is 398 g/mol. The number of carbonyl (C=O) groups is 1. The summed E-state index contributed by atoms with van der Waals surface area (Å²) >= 11 is 0. The number of para-hydroxylation sites is 1. The topological polar surface area (TPSA) is 50.2 Å². The molecule has 1 aliphatic heterocycles. The standard InChI is InChI=1S/C24H19FN4O/c25-19-10-12-20(13-11-19)29-23(27-22-9-5-4-8-21(22)24(29)30)18-14-26-28(16-18)15-17-6-2-1-3-7-17/h1-14,16,23,27H,15H2/t23-/m1/s1. The summed E-state index contributed by atoms with van der Waals surface area (Å²) in [6.45, 7) is 0.634. The average molecular weight is 398 g/mol. The van der Waals surface area contributed by atoms with E-state index in [2.05, 4.69) is 10.4 Å². The molecule has 4 aromatic rings. The Morgan fingerprint density at radius 1 is 0.933 bits per heavy atom. The molecule has 0 aliphatic carbocycles. The minimum absolute atomic E-state index is 0.142. The van der Waals surface area contributed by atoms with Gasteiger partial charge in [-0.3, -0.25) is 14.4 Å². The van der Waals surface area contributed by atoms with Crippen molar-refractivity contribution in [2.24, 2.45) is 0 Å². The molecule has 5 rings (SSSR count). The van der Waals surface area contributed by atoms with Crippen LogP contribution in [-0.4, -0.2) is 15.7 Å². The van der Waals surface area contributed by atoms with Crippen LogP contribution in [0.3, 0.4) is 0 Å². The van der Waals surface area contributed by atoms with Crippen LogP contribution in [0.1, 0.15) is 27.7 Å². The van der Waals surface area contributed by atoms with E-state index < -0.39 is 6.17 Å². The van der Waals surface area contributed by atoms with Crippen LogP contribution in [0.15, 0.2) is 91.3 Å². The summed E-state index contributed by atoms with van der Waals surface area (Å²) in [4.78, 5) is 15.0. The van der Waals surface area contributed by atoms with Gasteiger partial charge in [0.15, 0.2) is 0 Å². The molecule has 6 heteroatoms. The quantitative estimate of drug-likeness (QED) is 0.535. The van der Waals surface area contributed by atoms with Gasteiger partial charge in [0.05, 0.1) is 18.3 Å². The van der Waals surface area contributed by atoms with E-state index in [1.54, 1.807) is 29.3 Å². The van der Waals surface area contributed by atoms with Gasteiger partial charge in [0.2, 0.25) is 0 Å². The predicted molar refractivity (Wildman–Crippen MR) is 114 cm³/mol. The molecule has 0 saturated heterocycles. The Morgan fingerprint density at radius 3 is 2.47 bits per heavy atom. The fourth-order valence-electron chi connectivity index (χ4n) is 3.73. The Kier molecular flexibility index (Phi) is 4.52. The first-order valence-electron chi connectivity index (χ1n) is 9.70. The van der Waals surface area contributed by atoms with Crippen molar-refractivity contribution in [3.8, 4) is 0 Å². The maximum absolute atomic E-state index is 13.5. The van der Waals surface area contributed by atoms with E-state index in [1.807, 2.05) is 59.4 Å². The third-order valence-corrected chi connectivity index (χ3v) is 5.19. The van der Waals surface area contributed by atoms with Crippen LogP contribution < -0.4 is 10.2 Å². The lowest BCUT2D eigenvalue weighted by Crippen LogP contribution is -2.43. The molecular formula is C24H19FN4O. The van der Waals surface area contributed by atoms with Crippen LogP contribution in [0.4, 0.5) is 15.8 Å². The highest BCUT2D eigenvalue weighted by atomic mass is 19.1. The van der Waals surface area contributed by atoms with Crippen LogP contribution in [0.5, 0.6) is 0 Å². The Bertz CT molecular complexity index is 1190. The van der Waals surface area contributed by atoms with Crippen LogP contribution >= 0.6 is 0 Å². The molecule has 1 aliphatic rings. The molecule has 3 aromatic carbocycles. The van der Waals surface area contributed by atoms with E-state index in [-0.39, 0.29) is 11.7 Å². The molecule has 0 saturated carbocycles. The molecule has 1 aromatic heterocycles. The molecule has 1 amide bonds. The summed E-state index contributed by atoms with van der Waals surface area (Å²) in [6.07, 6.45) is 3.24. The van der Waals surface area contributed by atoms with Gasteiger partial charge < -0.3 is 5.32 Å². The van der Waals surface area contributed by atoms with Crippen LogP contribution in [0, 0.1) is 5.82 Å². The first-order chi connectivity index (χ1) is 14.7. The first kappa shape index (κ1) is 18.1. The summed E-state index contributed by atoms with van der Waals surface area (Å²) in [5, 5.41) is 7.93. The molecule has 0 spiro atoms. The zero-order chi connectivity index (χ0) is 20.5. The normalized spacial score (nSPS) is 15.6. The number of carbonyl (C=O) groups excluding carboxylic acids is 1. The van der Waals surface area contributed by atoms with Crippen molar-refractivity contribution >= 4 is 17.3 Å². The highest BCUT2D eigenvalue weighted by Crippen LogP contribution is 2.36. The number of hydrogen-bond donors (Lipinski definition) is 1. The number of amides is 1. The molecule has 1 atom stereocenters. The Morgan fingerprint density at radius 2 is 1.67 bits per heavy atom. The number of anilines is 2. The van der Waals surface area contributed by atoms with Gasteiger partial charge in [0.1, 0.15) is 12.0 Å². The Hall–Kier alpha value is -3.93. The average Bonchev–Trinajstić information content (AvgIpc) is 3.24. The highest BCUT2D eigenvalue weighted by Gasteiger charge is 2.34. The zero-order valence-corrected chi connectivity index (χ0v) is 16.1. The number of benzene rings is 3. The summed E-state index contributed by atoms with van der Waals surface area (Å²) < 4.78 is 15.3. The Labute approximate surface area is 173 Å². The van der Waals surface area contributed by atoms with Crippen LogP contribution in [-0.2, 0) is 6.54 Å². The predicted octanol–water partition coefficient (Wildman–Crippen LogP) is 4.84. The lowest BCUT2D eigenvalue weighted by Gasteiger charge is -2.37. The largest absolute Gasteiger partial charge is 0.360 e. The second-order valence-electron chi connectivity index (χ2n) is 7.20. The first-order valence-corrected chi connectivity index (χ1v) is 9.70. The third kappa shape index (κ3) is 3.33. The summed E-state index contributed by atoms with van der Waals surface area (Å²) in [7, 11) is 0. The van der Waals surface area contributed by atoms with E-state index in [0.29, 0.717) is 17.8 Å². The van der Waals surface area contributed by atoms with E-state index in [4.69, 9.17) is 0 Å². The number of rotatable bonds is 4. The molecule has 148 valence electrons. The van der Waals surface area contributed by atoms with Crippen molar-refractivity contribution in [1.82, 2.24) is 9.78 Å². The number of nitrogens with one attached hydrogen (secondary N) is 1. The van der Waals surface area contributed by atoms with Gasteiger partial charge in [0, 0.05) is 23.1 Å². The van der Waals surface area contributed by atoms with Crippen molar-refractivity contribution < 1.29 is 9.18 Å². The molecule has 0 radical (unpaired) electrons. The van der Waals surface area contributed by atoms with Gasteiger partial charge in [-0.2, -0.15) is 5.10 Å².